The van der Waals surface area contributed by atoms with Crippen molar-refractivity contribution in [3.05, 3.63) is 81.9 Å². The lowest BCUT2D eigenvalue weighted by Crippen LogP contribution is -2.41. The maximum atomic E-state index is 13.5. The number of halogens is 2. The van der Waals surface area contributed by atoms with Gasteiger partial charge in [-0.3, -0.25) is 10.2 Å². The zero-order valence-electron chi connectivity index (χ0n) is 20.0. The third-order valence-electron chi connectivity index (χ3n) is 7.51. The van der Waals surface area contributed by atoms with E-state index in [4.69, 9.17) is 11.6 Å². The van der Waals surface area contributed by atoms with Crippen molar-refractivity contribution in [2.24, 2.45) is 11.8 Å². The van der Waals surface area contributed by atoms with Gasteiger partial charge in [0.2, 0.25) is 0 Å². The normalized spacial score (nSPS) is 23.7. The highest BCUT2D eigenvalue weighted by Gasteiger charge is 2.39. The Hall–Kier alpha value is -3.01. The molecule has 3 heterocycles. The summed E-state index contributed by atoms with van der Waals surface area (Å²) in [5.41, 5.74) is 5.80. The quantitative estimate of drug-likeness (QED) is 0.526. The highest BCUT2D eigenvalue weighted by molar-refractivity contribution is 7.91. The largest absolute Gasteiger partial charge is 0.286 e. The molecule has 3 aromatic rings. The van der Waals surface area contributed by atoms with Gasteiger partial charge in [-0.05, 0) is 78.3 Å². The van der Waals surface area contributed by atoms with Crippen LogP contribution in [0.15, 0.2) is 48.5 Å². The highest BCUT2D eigenvalue weighted by Crippen LogP contribution is 2.38. The lowest BCUT2D eigenvalue weighted by Gasteiger charge is -2.20. The molecule has 2 aromatic carbocycles. The Labute approximate surface area is 219 Å². The molecule has 2 fully saturated rings. The first-order chi connectivity index (χ1) is 17.8. The zero-order valence-corrected chi connectivity index (χ0v) is 21.6. The molecule has 2 atom stereocenters. The van der Waals surface area contributed by atoms with E-state index in [1.54, 1.807) is 47.2 Å². The predicted octanol–water partition coefficient (Wildman–Crippen LogP) is 4.51. The number of hydrogen-bond acceptors (Lipinski definition) is 5. The summed E-state index contributed by atoms with van der Waals surface area (Å²) in [6.07, 6.45) is 5.30. The fourth-order valence-electron chi connectivity index (χ4n) is 5.84. The van der Waals surface area contributed by atoms with E-state index in [9.17, 15) is 17.6 Å². The summed E-state index contributed by atoms with van der Waals surface area (Å²) in [6, 6.07) is 12.8. The molecule has 0 bridgehead atoms. The van der Waals surface area contributed by atoms with Gasteiger partial charge >= 0.3 is 0 Å². The third kappa shape index (κ3) is 4.83. The maximum Gasteiger partial charge on any atom is 0.286 e. The van der Waals surface area contributed by atoms with Crippen LogP contribution in [0, 0.1) is 17.7 Å². The van der Waals surface area contributed by atoms with Crippen LogP contribution in [0.2, 0.25) is 5.02 Å². The van der Waals surface area contributed by atoms with Gasteiger partial charge in [0.05, 0.1) is 22.9 Å². The van der Waals surface area contributed by atoms with Crippen molar-refractivity contribution in [3.63, 3.8) is 0 Å². The van der Waals surface area contributed by atoms with Crippen LogP contribution in [0.25, 0.3) is 17.3 Å². The Bertz CT molecular complexity index is 1490. The average molecular weight is 541 g/mol. The summed E-state index contributed by atoms with van der Waals surface area (Å²) in [4.78, 5) is 13.5. The Morgan fingerprint density at radius 1 is 1.03 bits per heavy atom. The maximum absolute atomic E-state index is 13.5. The lowest BCUT2D eigenvalue weighted by molar-refractivity contribution is 0.0808. The van der Waals surface area contributed by atoms with Gasteiger partial charge in [-0.2, -0.15) is 5.10 Å². The fourth-order valence-corrected chi connectivity index (χ4v) is 7.47. The minimum absolute atomic E-state index is 0.0929. The molecule has 1 aromatic heterocycles. The van der Waals surface area contributed by atoms with E-state index in [0.29, 0.717) is 44.9 Å². The molecular formula is C27H26ClFN4O3S. The van der Waals surface area contributed by atoms with Crippen LogP contribution in [0.3, 0.4) is 0 Å². The molecule has 0 spiro atoms. The molecule has 2 unspecified atom stereocenters. The number of aromatic nitrogens is 2. The van der Waals surface area contributed by atoms with E-state index in [2.05, 4.69) is 10.5 Å². The minimum Gasteiger partial charge on any atom is -0.283 e. The Morgan fingerprint density at radius 2 is 1.70 bits per heavy atom. The second-order valence-electron chi connectivity index (χ2n) is 10.1. The van der Waals surface area contributed by atoms with E-state index in [1.807, 2.05) is 5.01 Å². The van der Waals surface area contributed by atoms with Gasteiger partial charge in [0, 0.05) is 23.7 Å². The number of nitrogens with one attached hydrogen (secondary N) is 1. The highest BCUT2D eigenvalue weighted by atomic mass is 35.5. The molecule has 3 aliphatic rings. The first kappa shape index (κ1) is 24.3. The molecule has 1 N–H and O–H groups in total. The monoisotopic (exact) mass is 540 g/mol. The van der Waals surface area contributed by atoms with Gasteiger partial charge in [0.15, 0.2) is 15.5 Å². The number of sulfone groups is 1. The summed E-state index contributed by atoms with van der Waals surface area (Å²) in [7, 11) is -3.56. The number of carbonyl (C=O) groups is 1. The molecule has 2 aliphatic heterocycles. The second kappa shape index (κ2) is 9.38. The van der Waals surface area contributed by atoms with Gasteiger partial charge in [-0.1, -0.05) is 30.2 Å². The van der Waals surface area contributed by atoms with Crippen LogP contribution in [-0.2, 0) is 15.6 Å². The SMILES string of the molecule is O=C(NN1CC2CCCC2C1)c1nn(-c2ccc(Cl)cc2)c2c1CS(=O)(=O)C/C2=C\c1ccc(F)cc1. The van der Waals surface area contributed by atoms with Gasteiger partial charge < -0.3 is 0 Å². The fraction of sp³-hybridized carbons (Fsp3) is 0.333. The Balaban J connectivity index is 1.44. The third-order valence-corrected chi connectivity index (χ3v) is 9.24. The number of fused-ring (bicyclic) bond motifs is 2. The second-order valence-corrected chi connectivity index (χ2v) is 12.6. The van der Waals surface area contributed by atoms with Crippen molar-refractivity contribution in [3.8, 4) is 5.69 Å². The molecule has 1 saturated carbocycles. The number of nitrogens with zero attached hydrogens (tertiary/aromatic N) is 3. The topological polar surface area (TPSA) is 84.3 Å². The van der Waals surface area contributed by atoms with Crippen molar-refractivity contribution < 1.29 is 17.6 Å². The smallest absolute Gasteiger partial charge is 0.283 e. The molecular weight excluding hydrogens is 515 g/mol. The summed E-state index contributed by atoms with van der Waals surface area (Å²) < 4.78 is 41.1. The van der Waals surface area contributed by atoms with E-state index in [0.717, 1.165) is 13.1 Å². The van der Waals surface area contributed by atoms with Crippen LogP contribution < -0.4 is 5.43 Å². The number of benzene rings is 2. The first-order valence-corrected chi connectivity index (χ1v) is 14.6. The van der Waals surface area contributed by atoms with Crippen molar-refractivity contribution in [2.75, 3.05) is 18.8 Å². The molecule has 1 amide bonds. The van der Waals surface area contributed by atoms with Crippen molar-refractivity contribution in [2.45, 2.75) is 25.0 Å². The number of amides is 1. The van der Waals surface area contributed by atoms with Crippen molar-refractivity contribution in [1.29, 1.82) is 0 Å². The predicted molar refractivity (Wildman–Crippen MR) is 140 cm³/mol. The minimum atomic E-state index is -3.56. The molecule has 6 rings (SSSR count). The van der Waals surface area contributed by atoms with Crippen molar-refractivity contribution in [1.82, 2.24) is 20.2 Å². The van der Waals surface area contributed by atoms with E-state index < -0.39 is 15.7 Å². The molecule has 37 heavy (non-hydrogen) atoms. The molecule has 192 valence electrons. The molecule has 1 aliphatic carbocycles. The van der Waals surface area contributed by atoms with Crippen LogP contribution in [0.5, 0.6) is 0 Å². The van der Waals surface area contributed by atoms with Crippen LogP contribution in [0.4, 0.5) is 4.39 Å². The summed E-state index contributed by atoms with van der Waals surface area (Å²) in [5, 5.41) is 7.14. The van der Waals surface area contributed by atoms with Crippen LogP contribution in [-0.4, -0.2) is 48.0 Å². The lowest BCUT2D eigenvalue weighted by atomic mass is 10.0. The number of rotatable bonds is 4. The standard InChI is InChI=1S/C27H26ClFN4O3S/c28-21-6-10-23(11-7-21)33-26-20(12-17-4-8-22(29)9-5-17)15-37(35,36)16-24(26)25(30-33)27(34)31-32-13-18-2-1-3-19(18)14-32/h4-12,18-19H,1-3,13-16H2,(H,31,34)/b20-12+. The molecule has 1 saturated heterocycles. The summed E-state index contributed by atoms with van der Waals surface area (Å²) in [5.74, 6) is -0.117. The number of hydrazine groups is 1. The summed E-state index contributed by atoms with van der Waals surface area (Å²) >= 11 is 6.10. The van der Waals surface area contributed by atoms with Gasteiger partial charge in [-0.25, -0.2) is 22.5 Å². The van der Waals surface area contributed by atoms with E-state index >= 15 is 0 Å². The number of carbonyl (C=O) groups excluding carboxylic acids is 1. The average Bonchev–Trinajstić information content (AvgIpc) is 3.54. The van der Waals surface area contributed by atoms with Gasteiger partial charge in [0.1, 0.15) is 5.82 Å². The molecule has 7 nitrogen and oxygen atoms in total. The van der Waals surface area contributed by atoms with Gasteiger partial charge in [-0.15, -0.1) is 0 Å². The van der Waals surface area contributed by atoms with Gasteiger partial charge in [0.25, 0.3) is 5.91 Å². The van der Waals surface area contributed by atoms with E-state index in [1.165, 1.54) is 31.4 Å². The Kier molecular flexibility index (Phi) is 6.17. The van der Waals surface area contributed by atoms with Crippen LogP contribution >= 0.6 is 11.6 Å². The molecule has 10 heteroatoms. The van der Waals surface area contributed by atoms with Crippen molar-refractivity contribution >= 4 is 39.0 Å². The van der Waals surface area contributed by atoms with E-state index in [-0.39, 0.29) is 23.0 Å². The number of hydrogen-bond donors (Lipinski definition) is 1. The Morgan fingerprint density at radius 3 is 2.38 bits per heavy atom. The first-order valence-electron chi connectivity index (χ1n) is 12.4. The van der Waals surface area contributed by atoms with Crippen LogP contribution in [0.1, 0.15) is 46.6 Å². The zero-order chi connectivity index (χ0) is 25.7. The molecule has 0 radical (unpaired) electrons. The summed E-state index contributed by atoms with van der Waals surface area (Å²) in [6.45, 7) is 1.59.